The van der Waals surface area contributed by atoms with Crippen LogP contribution in [0.5, 0.6) is 0 Å². The van der Waals surface area contributed by atoms with Crippen LogP contribution in [0.2, 0.25) is 0 Å². The fourth-order valence-electron chi connectivity index (χ4n) is 6.45. The van der Waals surface area contributed by atoms with E-state index < -0.39 is 96.2 Å². The highest BCUT2D eigenvalue weighted by atomic mass is 16.4. The molecule has 0 spiro atoms. The lowest BCUT2D eigenvalue weighted by atomic mass is 9.98. The smallest absolute Gasteiger partial charge is 0.326 e. The van der Waals surface area contributed by atoms with Gasteiger partial charge in [0.1, 0.15) is 36.3 Å². The average molecular weight is 845 g/mol. The van der Waals surface area contributed by atoms with Gasteiger partial charge in [0.25, 0.3) is 0 Å². The highest BCUT2D eigenvalue weighted by Crippen LogP contribution is 2.21. The van der Waals surface area contributed by atoms with Crippen LogP contribution in [0.4, 0.5) is 0 Å². The van der Waals surface area contributed by atoms with Gasteiger partial charge >= 0.3 is 5.97 Å². The summed E-state index contributed by atoms with van der Waals surface area (Å²) in [5.74, 6) is -6.61. The van der Waals surface area contributed by atoms with E-state index in [1.54, 1.807) is 20.8 Å². The van der Waals surface area contributed by atoms with Crippen molar-refractivity contribution in [1.29, 1.82) is 0 Å². The first-order valence-corrected chi connectivity index (χ1v) is 19.9. The van der Waals surface area contributed by atoms with Crippen molar-refractivity contribution >= 4 is 47.4 Å². The summed E-state index contributed by atoms with van der Waals surface area (Å²) in [6.45, 7) is 6.38. The quantitative estimate of drug-likeness (QED) is 0.0277. The molecule has 1 aliphatic rings. The van der Waals surface area contributed by atoms with Gasteiger partial charge in [-0.05, 0) is 37.5 Å². The van der Waals surface area contributed by atoms with Crippen molar-refractivity contribution in [3.63, 3.8) is 0 Å². The maximum Gasteiger partial charge on any atom is 0.326 e. The first-order valence-electron chi connectivity index (χ1n) is 19.9. The topological polar surface area (TPSA) is 371 Å². The van der Waals surface area contributed by atoms with E-state index in [0.29, 0.717) is 24.2 Å². The Morgan fingerprint density at radius 2 is 1.42 bits per heavy atom. The second-order valence-electron chi connectivity index (χ2n) is 15.1. The Morgan fingerprint density at radius 3 is 1.95 bits per heavy atom. The maximum absolute atomic E-state index is 14.1. The lowest BCUT2D eigenvalue weighted by Crippen LogP contribution is -2.61. The Labute approximate surface area is 347 Å². The molecule has 8 atom stereocenters. The van der Waals surface area contributed by atoms with Gasteiger partial charge in [-0.1, -0.05) is 34.1 Å². The summed E-state index contributed by atoms with van der Waals surface area (Å²) in [4.78, 5) is 112. The molecule has 0 unspecified atom stereocenters. The normalized spacial score (nSPS) is 17.2. The van der Waals surface area contributed by atoms with Gasteiger partial charge in [0, 0.05) is 49.7 Å². The van der Waals surface area contributed by atoms with Crippen LogP contribution in [0.25, 0.3) is 0 Å². The number of hydrogen-bond acceptors (Lipinski definition) is 12. The zero-order chi connectivity index (χ0) is 44.5. The third-order valence-electron chi connectivity index (χ3n) is 10.2. The lowest BCUT2D eigenvalue weighted by Gasteiger charge is -2.32. The summed E-state index contributed by atoms with van der Waals surface area (Å²) in [6.07, 6.45) is 6.98. The van der Waals surface area contributed by atoms with Crippen molar-refractivity contribution in [2.45, 2.75) is 115 Å². The van der Waals surface area contributed by atoms with E-state index >= 15 is 0 Å². The first-order chi connectivity index (χ1) is 28.5. The molecule has 3 rings (SSSR count). The largest absolute Gasteiger partial charge is 0.480 e. The van der Waals surface area contributed by atoms with Gasteiger partial charge < -0.3 is 68.9 Å². The number of amides is 6. The number of nitrogens with one attached hydrogen (secondary N) is 7. The van der Waals surface area contributed by atoms with E-state index in [4.69, 9.17) is 17.2 Å². The minimum absolute atomic E-state index is 0.0153. The number of guanidine groups is 1. The number of nitrogens with zero attached hydrogens (tertiary/aromatic N) is 4. The molecule has 23 nitrogen and oxygen atoms in total. The zero-order valence-electron chi connectivity index (χ0n) is 34.3. The number of likely N-dealkylation sites (tertiary alicyclic amines) is 1. The van der Waals surface area contributed by atoms with Crippen LogP contribution in [0.1, 0.15) is 71.2 Å². The van der Waals surface area contributed by atoms with Crippen LogP contribution in [0.3, 0.4) is 0 Å². The number of hydrogen-bond donors (Lipinski definition) is 12. The van der Waals surface area contributed by atoms with Crippen LogP contribution in [-0.4, -0.2) is 144 Å². The summed E-state index contributed by atoms with van der Waals surface area (Å²) in [7, 11) is 0. The molecule has 1 saturated heterocycles. The van der Waals surface area contributed by atoms with Gasteiger partial charge in [0.05, 0.1) is 25.3 Å². The molecule has 332 valence electrons. The number of nitrogens with two attached hydrogens (primary N) is 3. The molecule has 60 heavy (non-hydrogen) atoms. The molecule has 3 heterocycles. The summed E-state index contributed by atoms with van der Waals surface area (Å²) < 4.78 is 0. The number of aliphatic hydroxyl groups excluding tert-OH is 1. The minimum atomic E-state index is -1.55. The molecule has 0 saturated carbocycles. The number of carbonyl (C=O) groups is 7. The number of H-pyrrole nitrogens is 2. The third-order valence-corrected chi connectivity index (χ3v) is 10.2. The van der Waals surface area contributed by atoms with Gasteiger partial charge in [0.15, 0.2) is 5.96 Å². The van der Waals surface area contributed by atoms with Crippen LogP contribution < -0.4 is 43.8 Å². The standard InChI is InChI=1S/C37H60N14O9/c1-5-20(4)28(38)34(57)47-24(12-21-14-41-17-44-21)31(54)49-26(16-52)32(55)50-29(19(2)3)35(58)51-11-7-9-27(51)33(56)46-23(8-6-10-43-37(39)40)30(53)48-25(36(59)60)13-22-15-42-18-45-22/h14-15,17-20,23-29,52H,5-13,16,38H2,1-4H3,(H,41,44)(H,42,45)(H,46,56)(H,47,57)(H,48,53)(H,49,54)(H,50,55)(H,59,60)(H4,39,40,43)/t20-,23-,24-,25-,26-,27-,28-,29-/m0/s1. The number of aromatic nitrogens is 4. The van der Waals surface area contributed by atoms with Gasteiger partial charge in [-0.3, -0.25) is 33.8 Å². The van der Waals surface area contributed by atoms with Gasteiger partial charge in [-0.15, -0.1) is 0 Å². The number of carbonyl (C=O) groups excluding carboxylic acids is 6. The maximum atomic E-state index is 14.1. The van der Waals surface area contributed by atoms with Gasteiger partial charge in [0.2, 0.25) is 35.4 Å². The summed E-state index contributed by atoms with van der Waals surface area (Å²) in [6, 6.07) is -8.57. The highest BCUT2D eigenvalue weighted by Gasteiger charge is 2.41. The summed E-state index contributed by atoms with van der Waals surface area (Å²) in [5.41, 5.74) is 17.9. The second kappa shape index (κ2) is 23.5. The molecule has 1 aliphatic heterocycles. The molecule has 1 fully saturated rings. The van der Waals surface area contributed by atoms with Crippen molar-refractivity contribution in [3.8, 4) is 0 Å². The first kappa shape index (κ1) is 48.3. The number of carboxylic acid groups (broad SMARTS) is 1. The van der Waals surface area contributed by atoms with Crippen molar-refractivity contribution in [1.82, 2.24) is 51.4 Å². The molecule has 2 aromatic rings. The SMILES string of the molecule is CC[C@H](C)[C@H](N)C(=O)N[C@@H](Cc1cnc[nH]1)C(=O)N[C@@H](CO)C(=O)N[C@H](C(=O)N1CCC[C@H]1C(=O)N[C@@H](CCCN=C(N)N)C(=O)N[C@@H](Cc1cnc[nH]1)C(=O)O)C(C)C. The Bertz CT molecular complexity index is 1770. The van der Waals surface area contributed by atoms with Crippen LogP contribution >= 0.6 is 0 Å². The summed E-state index contributed by atoms with van der Waals surface area (Å²) in [5, 5.41) is 32.9. The molecule has 6 amide bonds. The van der Waals surface area contributed by atoms with Crippen molar-refractivity contribution < 1.29 is 43.8 Å². The van der Waals surface area contributed by atoms with E-state index in [2.05, 4.69) is 51.5 Å². The van der Waals surface area contributed by atoms with Crippen LogP contribution in [-0.2, 0) is 46.4 Å². The van der Waals surface area contributed by atoms with Crippen molar-refractivity contribution in [3.05, 3.63) is 36.4 Å². The van der Waals surface area contributed by atoms with E-state index in [1.165, 1.54) is 29.9 Å². The Hall–Kier alpha value is -6.10. The average Bonchev–Trinajstić information content (AvgIpc) is 4.02. The number of aliphatic hydroxyl groups is 1. The number of aliphatic carboxylic acids is 1. The number of imidazole rings is 2. The van der Waals surface area contributed by atoms with Crippen molar-refractivity contribution in [2.75, 3.05) is 19.7 Å². The monoisotopic (exact) mass is 844 g/mol. The Balaban J connectivity index is 1.74. The number of rotatable bonds is 24. The summed E-state index contributed by atoms with van der Waals surface area (Å²) >= 11 is 0. The molecule has 0 aliphatic carbocycles. The van der Waals surface area contributed by atoms with E-state index in [1.807, 2.05) is 6.92 Å². The van der Waals surface area contributed by atoms with Crippen molar-refractivity contribution in [2.24, 2.45) is 34.0 Å². The molecular weight excluding hydrogens is 784 g/mol. The predicted octanol–water partition coefficient (Wildman–Crippen LogP) is -3.51. The molecule has 15 N–H and O–H groups in total. The fraction of sp³-hybridized carbons (Fsp3) is 0.622. The van der Waals surface area contributed by atoms with Crippen LogP contribution in [0, 0.1) is 11.8 Å². The fourth-order valence-corrected chi connectivity index (χ4v) is 6.45. The molecule has 0 radical (unpaired) electrons. The van der Waals surface area contributed by atoms with Gasteiger partial charge in [-0.2, -0.15) is 0 Å². The highest BCUT2D eigenvalue weighted by molar-refractivity contribution is 5.97. The molecule has 0 aromatic carbocycles. The molecule has 2 aromatic heterocycles. The Kier molecular flexibility index (Phi) is 18.9. The van der Waals surface area contributed by atoms with E-state index in [0.717, 1.165) is 0 Å². The molecular formula is C37H60N14O9. The number of aromatic amines is 2. The third kappa shape index (κ3) is 14.3. The molecule has 23 heteroatoms. The molecule has 0 bridgehead atoms. The van der Waals surface area contributed by atoms with E-state index in [-0.39, 0.29) is 57.1 Å². The van der Waals surface area contributed by atoms with Gasteiger partial charge in [-0.25, -0.2) is 14.8 Å². The number of carboxylic acids is 1. The van der Waals surface area contributed by atoms with E-state index in [9.17, 15) is 43.8 Å². The Morgan fingerprint density at radius 1 is 0.850 bits per heavy atom. The lowest BCUT2D eigenvalue weighted by molar-refractivity contribution is -0.144. The van der Waals surface area contributed by atoms with Crippen LogP contribution in [0.15, 0.2) is 30.0 Å². The predicted molar refractivity (Wildman–Crippen MR) is 216 cm³/mol. The number of aliphatic imine (C=N–C) groups is 1. The minimum Gasteiger partial charge on any atom is -0.480 e. The second-order valence-corrected chi connectivity index (χ2v) is 15.1. The zero-order valence-corrected chi connectivity index (χ0v) is 34.3.